The molecule has 0 fully saturated rings. The van der Waals surface area contributed by atoms with Gasteiger partial charge in [-0.1, -0.05) is 6.07 Å². The molecule has 6 nitrogen and oxygen atoms in total. The van der Waals surface area contributed by atoms with E-state index in [4.69, 9.17) is 9.47 Å². The normalized spacial score (nSPS) is 11.9. The molecule has 8 heteroatoms. The molecule has 0 saturated heterocycles. The summed E-state index contributed by atoms with van der Waals surface area (Å²) in [5, 5.41) is 6.88. The molecule has 2 aromatic carbocycles. The molecule has 0 aliphatic heterocycles. The number of aromatic nitrogens is 2. The SMILES string of the molecule is COC[C@H](C)Oc1cc(CCc2c(F)cccc2F)cc(C(=O)Nc2ccn(C)n2)c1. The van der Waals surface area contributed by atoms with Gasteiger partial charge in [0.05, 0.1) is 6.61 Å². The predicted octanol–water partition coefficient (Wildman–Crippen LogP) is 4.15. The summed E-state index contributed by atoms with van der Waals surface area (Å²) < 4.78 is 40.5. The summed E-state index contributed by atoms with van der Waals surface area (Å²) in [5.41, 5.74) is 1.09. The highest BCUT2D eigenvalue weighted by atomic mass is 19.1. The number of halogens is 2. The number of ether oxygens (including phenoxy) is 2. The number of methoxy groups -OCH3 is 1. The number of carbonyl (C=O) groups excluding carboxylic acids is 1. The lowest BCUT2D eigenvalue weighted by Crippen LogP contribution is -2.19. The smallest absolute Gasteiger partial charge is 0.257 e. The van der Waals surface area contributed by atoms with Crippen molar-refractivity contribution < 1.29 is 23.0 Å². The van der Waals surface area contributed by atoms with Crippen LogP contribution >= 0.6 is 0 Å². The minimum atomic E-state index is -0.589. The van der Waals surface area contributed by atoms with Crippen molar-refractivity contribution in [2.45, 2.75) is 25.9 Å². The molecule has 3 rings (SSSR count). The van der Waals surface area contributed by atoms with Gasteiger partial charge in [0.1, 0.15) is 23.5 Å². The van der Waals surface area contributed by atoms with E-state index in [1.165, 1.54) is 18.2 Å². The average Bonchev–Trinajstić information content (AvgIpc) is 3.12. The second kappa shape index (κ2) is 10.2. The number of nitrogens with zero attached hydrogens (tertiary/aromatic N) is 2. The first kappa shape index (κ1) is 22.4. The fraction of sp³-hybridized carbons (Fsp3) is 0.304. The summed E-state index contributed by atoms with van der Waals surface area (Å²) in [6.07, 6.45) is 1.96. The van der Waals surface area contributed by atoms with Crippen LogP contribution in [-0.2, 0) is 24.6 Å². The third kappa shape index (κ3) is 6.11. The molecule has 1 amide bonds. The Morgan fingerprint density at radius 1 is 1.16 bits per heavy atom. The first-order valence-corrected chi connectivity index (χ1v) is 9.89. The summed E-state index contributed by atoms with van der Waals surface area (Å²) >= 11 is 0. The number of hydrogen-bond acceptors (Lipinski definition) is 4. The number of rotatable bonds is 9. The minimum absolute atomic E-state index is 0.0149. The first-order valence-electron chi connectivity index (χ1n) is 9.89. The van der Waals surface area contributed by atoms with Crippen LogP contribution in [0.15, 0.2) is 48.7 Å². The van der Waals surface area contributed by atoms with E-state index in [2.05, 4.69) is 10.4 Å². The third-order valence-electron chi connectivity index (χ3n) is 4.65. The molecule has 0 saturated carbocycles. The maximum atomic E-state index is 14.0. The van der Waals surface area contributed by atoms with Crippen LogP contribution in [0.4, 0.5) is 14.6 Å². The fourth-order valence-corrected chi connectivity index (χ4v) is 3.22. The zero-order valence-corrected chi connectivity index (χ0v) is 17.7. The lowest BCUT2D eigenvalue weighted by molar-refractivity contribution is 0.0916. The Kier molecular flexibility index (Phi) is 7.36. The molecule has 1 heterocycles. The Morgan fingerprint density at radius 2 is 1.90 bits per heavy atom. The Morgan fingerprint density at radius 3 is 2.55 bits per heavy atom. The van der Waals surface area contributed by atoms with Crippen LogP contribution in [0.25, 0.3) is 0 Å². The van der Waals surface area contributed by atoms with Crippen molar-refractivity contribution in [2.75, 3.05) is 19.0 Å². The second-order valence-electron chi connectivity index (χ2n) is 7.28. The molecule has 0 unspecified atom stereocenters. The zero-order chi connectivity index (χ0) is 22.4. The van der Waals surface area contributed by atoms with Crippen molar-refractivity contribution in [2.24, 2.45) is 7.05 Å². The van der Waals surface area contributed by atoms with Gasteiger partial charge in [-0.2, -0.15) is 5.10 Å². The molecule has 1 aromatic heterocycles. The van der Waals surface area contributed by atoms with Crippen molar-refractivity contribution in [3.8, 4) is 5.75 Å². The Bertz CT molecular complexity index is 1030. The van der Waals surface area contributed by atoms with Gasteiger partial charge >= 0.3 is 0 Å². The number of aryl methyl sites for hydroxylation is 2. The number of anilines is 1. The lowest BCUT2D eigenvalue weighted by Gasteiger charge is -2.16. The van der Waals surface area contributed by atoms with Crippen LogP contribution in [0.1, 0.15) is 28.4 Å². The van der Waals surface area contributed by atoms with Gasteiger partial charge in [-0.15, -0.1) is 0 Å². The summed E-state index contributed by atoms with van der Waals surface area (Å²) in [6.45, 7) is 2.22. The van der Waals surface area contributed by atoms with Crippen LogP contribution in [0.5, 0.6) is 5.75 Å². The molecule has 164 valence electrons. The van der Waals surface area contributed by atoms with Gasteiger partial charge in [-0.25, -0.2) is 8.78 Å². The maximum absolute atomic E-state index is 14.0. The van der Waals surface area contributed by atoms with Crippen LogP contribution < -0.4 is 10.1 Å². The molecule has 31 heavy (non-hydrogen) atoms. The largest absolute Gasteiger partial charge is 0.488 e. The summed E-state index contributed by atoms with van der Waals surface area (Å²) in [7, 11) is 3.33. The lowest BCUT2D eigenvalue weighted by atomic mass is 10.0. The van der Waals surface area contributed by atoms with Crippen LogP contribution in [0.3, 0.4) is 0 Å². The van der Waals surface area contributed by atoms with E-state index in [-0.39, 0.29) is 24.0 Å². The number of amides is 1. The van der Waals surface area contributed by atoms with Gasteiger partial charge in [-0.05, 0) is 55.7 Å². The first-order chi connectivity index (χ1) is 14.9. The van der Waals surface area contributed by atoms with E-state index in [0.29, 0.717) is 30.2 Å². The maximum Gasteiger partial charge on any atom is 0.257 e. The number of carbonyl (C=O) groups is 1. The highest BCUT2D eigenvalue weighted by Crippen LogP contribution is 2.22. The third-order valence-corrected chi connectivity index (χ3v) is 4.65. The van der Waals surface area contributed by atoms with Crippen molar-refractivity contribution >= 4 is 11.7 Å². The molecule has 0 spiro atoms. The zero-order valence-electron chi connectivity index (χ0n) is 17.7. The summed E-state index contributed by atoms with van der Waals surface area (Å²) in [4.78, 5) is 12.8. The van der Waals surface area contributed by atoms with Crippen LogP contribution in [0.2, 0.25) is 0 Å². The standard InChI is InChI=1S/C23H25F2N3O3/c1-15(14-30-3)31-18-12-16(7-8-19-20(24)5-4-6-21(19)25)11-17(13-18)23(29)26-22-9-10-28(2)27-22/h4-6,9-13,15H,7-8,14H2,1-3H3,(H,26,27,29)/t15-/m0/s1. The highest BCUT2D eigenvalue weighted by Gasteiger charge is 2.14. The van der Waals surface area contributed by atoms with E-state index in [0.717, 1.165) is 5.56 Å². The van der Waals surface area contributed by atoms with E-state index in [1.54, 1.807) is 49.3 Å². The Labute approximate surface area is 179 Å². The van der Waals surface area contributed by atoms with Crippen LogP contribution in [0, 0.1) is 11.6 Å². The van der Waals surface area contributed by atoms with Crippen molar-refractivity contribution in [3.05, 3.63) is 77.0 Å². The van der Waals surface area contributed by atoms with E-state index in [1.807, 2.05) is 6.92 Å². The highest BCUT2D eigenvalue weighted by molar-refractivity contribution is 6.04. The minimum Gasteiger partial charge on any atom is -0.488 e. The molecule has 0 radical (unpaired) electrons. The molecule has 0 aliphatic carbocycles. The van der Waals surface area contributed by atoms with Gasteiger partial charge < -0.3 is 14.8 Å². The summed E-state index contributed by atoms with van der Waals surface area (Å²) in [5.74, 6) is -0.644. The van der Waals surface area contributed by atoms with Gasteiger partial charge in [0.15, 0.2) is 5.82 Å². The van der Waals surface area contributed by atoms with E-state index in [9.17, 15) is 13.6 Å². The fourth-order valence-electron chi connectivity index (χ4n) is 3.22. The van der Waals surface area contributed by atoms with E-state index < -0.39 is 11.6 Å². The second-order valence-corrected chi connectivity index (χ2v) is 7.28. The quantitative estimate of drug-likeness (QED) is 0.555. The Balaban J connectivity index is 1.84. The molecule has 1 atom stereocenters. The molecule has 0 aliphatic rings. The Hall–Kier alpha value is -3.26. The topological polar surface area (TPSA) is 65.4 Å². The number of benzene rings is 2. The van der Waals surface area contributed by atoms with E-state index >= 15 is 0 Å². The molecule has 0 bridgehead atoms. The van der Waals surface area contributed by atoms with Crippen LogP contribution in [-0.4, -0.2) is 35.5 Å². The van der Waals surface area contributed by atoms with Gasteiger partial charge in [-0.3, -0.25) is 9.48 Å². The molecular formula is C23H25F2N3O3. The molecule has 3 aromatic rings. The molecular weight excluding hydrogens is 404 g/mol. The monoisotopic (exact) mass is 429 g/mol. The van der Waals surface area contributed by atoms with Crippen molar-refractivity contribution in [1.29, 1.82) is 0 Å². The molecule has 1 N–H and O–H groups in total. The van der Waals surface area contributed by atoms with Crippen molar-refractivity contribution in [3.63, 3.8) is 0 Å². The average molecular weight is 429 g/mol. The predicted molar refractivity (Wildman–Crippen MR) is 113 cm³/mol. The van der Waals surface area contributed by atoms with Gasteiger partial charge in [0.2, 0.25) is 0 Å². The van der Waals surface area contributed by atoms with Gasteiger partial charge in [0, 0.05) is 37.5 Å². The number of hydrogen-bond donors (Lipinski definition) is 1. The number of nitrogens with one attached hydrogen (secondary N) is 1. The van der Waals surface area contributed by atoms with Gasteiger partial charge in [0.25, 0.3) is 5.91 Å². The van der Waals surface area contributed by atoms with Crippen molar-refractivity contribution in [1.82, 2.24) is 9.78 Å². The summed E-state index contributed by atoms with van der Waals surface area (Å²) in [6, 6.07) is 10.6.